The van der Waals surface area contributed by atoms with Gasteiger partial charge in [0, 0.05) is 0 Å². The average molecular weight is 217 g/mol. The SMILES string of the molecule is Nc1nc(N)nc(NNc2ccccc2)n1. The molecule has 0 atom stereocenters. The van der Waals surface area contributed by atoms with Gasteiger partial charge in [0.2, 0.25) is 17.8 Å². The lowest BCUT2D eigenvalue weighted by Gasteiger charge is -2.08. The second-order valence-corrected chi connectivity index (χ2v) is 2.99. The summed E-state index contributed by atoms with van der Waals surface area (Å²) in [7, 11) is 0. The van der Waals surface area contributed by atoms with Crippen LogP contribution < -0.4 is 22.3 Å². The van der Waals surface area contributed by atoms with E-state index in [0.29, 0.717) is 0 Å². The number of hydrogen-bond acceptors (Lipinski definition) is 7. The van der Waals surface area contributed by atoms with Gasteiger partial charge < -0.3 is 11.5 Å². The largest absolute Gasteiger partial charge is 0.368 e. The maximum atomic E-state index is 5.42. The third kappa shape index (κ3) is 2.47. The Morgan fingerprint density at radius 1 is 0.812 bits per heavy atom. The second-order valence-electron chi connectivity index (χ2n) is 2.99. The van der Waals surface area contributed by atoms with Gasteiger partial charge in [-0.05, 0) is 12.1 Å². The normalized spacial score (nSPS) is 9.75. The fourth-order valence-corrected chi connectivity index (χ4v) is 1.11. The highest BCUT2D eigenvalue weighted by Gasteiger charge is 2.00. The molecule has 82 valence electrons. The molecule has 0 spiro atoms. The summed E-state index contributed by atoms with van der Waals surface area (Å²) in [5, 5.41) is 0. The third-order valence-corrected chi connectivity index (χ3v) is 1.76. The molecule has 6 N–H and O–H groups in total. The Morgan fingerprint density at radius 3 is 2.06 bits per heavy atom. The fraction of sp³-hybridized carbons (Fsp3) is 0. The summed E-state index contributed by atoms with van der Waals surface area (Å²) in [6.45, 7) is 0. The molecule has 2 rings (SSSR count). The fourth-order valence-electron chi connectivity index (χ4n) is 1.11. The first-order valence-corrected chi connectivity index (χ1v) is 4.58. The molecular weight excluding hydrogens is 206 g/mol. The van der Waals surface area contributed by atoms with Crippen LogP contribution in [-0.2, 0) is 0 Å². The molecule has 0 radical (unpaired) electrons. The van der Waals surface area contributed by atoms with Crippen LogP contribution in [0.5, 0.6) is 0 Å². The first-order valence-electron chi connectivity index (χ1n) is 4.58. The molecule has 0 aliphatic carbocycles. The number of hydrogen-bond donors (Lipinski definition) is 4. The summed E-state index contributed by atoms with van der Waals surface area (Å²) in [4.78, 5) is 11.4. The predicted molar refractivity (Wildman–Crippen MR) is 62.3 cm³/mol. The number of nitrogens with two attached hydrogens (primary N) is 2. The smallest absolute Gasteiger partial charge is 0.248 e. The number of benzene rings is 1. The van der Waals surface area contributed by atoms with Crippen LogP contribution >= 0.6 is 0 Å². The van der Waals surface area contributed by atoms with E-state index >= 15 is 0 Å². The number of para-hydroxylation sites is 1. The van der Waals surface area contributed by atoms with Crippen LogP contribution in [0, 0.1) is 0 Å². The molecule has 2 aromatic rings. The number of aromatic nitrogens is 3. The number of nitrogens with zero attached hydrogens (tertiary/aromatic N) is 3. The summed E-state index contributed by atoms with van der Waals surface area (Å²) >= 11 is 0. The van der Waals surface area contributed by atoms with E-state index in [0.717, 1.165) is 5.69 Å². The Bertz CT molecular complexity index is 450. The highest BCUT2D eigenvalue weighted by atomic mass is 15.4. The Hall–Kier alpha value is -2.57. The van der Waals surface area contributed by atoms with Crippen molar-refractivity contribution in [2.24, 2.45) is 0 Å². The maximum Gasteiger partial charge on any atom is 0.248 e. The van der Waals surface area contributed by atoms with Gasteiger partial charge in [-0.2, -0.15) is 15.0 Å². The Labute approximate surface area is 91.9 Å². The van der Waals surface area contributed by atoms with Gasteiger partial charge in [-0.1, -0.05) is 18.2 Å². The summed E-state index contributed by atoms with van der Waals surface area (Å²) in [5.41, 5.74) is 17.4. The molecule has 0 bridgehead atoms. The van der Waals surface area contributed by atoms with Gasteiger partial charge in [-0.15, -0.1) is 0 Å². The minimum absolute atomic E-state index is 0.0739. The lowest BCUT2D eigenvalue weighted by atomic mass is 10.3. The van der Waals surface area contributed by atoms with Crippen LogP contribution in [0.2, 0.25) is 0 Å². The molecule has 0 saturated carbocycles. The second kappa shape index (κ2) is 4.30. The first kappa shape index (κ1) is 9.97. The van der Waals surface area contributed by atoms with E-state index in [2.05, 4.69) is 25.8 Å². The zero-order valence-corrected chi connectivity index (χ0v) is 8.38. The van der Waals surface area contributed by atoms with E-state index in [4.69, 9.17) is 11.5 Å². The zero-order valence-electron chi connectivity index (χ0n) is 8.38. The van der Waals surface area contributed by atoms with Gasteiger partial charge >= 0.3 is 0 Å². The summed E-state index contributed by atoms with van der Waals surface area (Å²) in [6, 6.07) is 9.51. The molecule has 0 unspecified atom stereocenters. The van der Waals surface area contributed by atoms with E-state index in [1.165, 1.54) is 0 Å². The number of nitrogen functional groups attached to an aromatic ring is 2. The van der Waals surface area contributed by atoms with Crippen molar-refractivity contribution >= 4 is 23.5 Å². The van der Waals surface area contributed by atoms with Gasteiger partial charge in [-0.3, -0.25) is 10.9 Å². The molecule has 7 heteroatoms. The highest BCUT2D eigenvalue weighted by molar-refractivity contribution is 5.48. The van der Waals surface area contributed by atoms with Crippen molar-refractivity contribution in [2.45, 2.75) is 0 Å². The quantitative estimate of drug-likeness (QED) is 0.552. The molecule has 0 amide bonds. The van der Waals surface area contributed by atoms with Crippen LogP contribution in [0.3, 0.4) is 0 Å². The van der Waals surface area contributed by atoms with Crippen molar-refractivity contribution in [1.29, 1.82) is 0 Å². The lowest BCUT2D eigenvalue weighted by molar-refractivity contribution is 1.07. The van der Waals surface area contributed by atoms with Crippen molar-refractivity contribution in [3.8, 4) is 0 Å². The third-order valence-electron chi connectivity index (χ3n) is 1.76. The minimum atomic E-state index is 0.0739. The van der Waals surface area contributed by atoms with Crippen LogP contribution in [0.1, 0.15) is 0 Å². The van der Waals surface area contributed by atoms with Gasteiger partial charge in [0.05, 0.1) is 5.69 Å². The lowest BCUT2D eigenvalue weighted by Crippen LogP contribution is -2.14. The molecule has 7 nitrogen and oxygen atoms in total. The van der Waals surface area contributed by atoms with Gasteiger partial charge in [0.15, 0.2) is 0 Å². The van der Waals surface area contributed by atoms with Crippen molar-refractivity contribution in [2.75, 3.05) is 22.3 Å². The monoisotopic (exact) mass is 217 g/mol. The topological polar surface area (TPSA) is 115 Å². The maximum absolute atomic E-state index is 5.42. The number of hydrazine groups is 1. The molecule has 1 aromatic heterocycles. The van der Waals surface area contributed by atoms with Gasteiger partial charge in [-0.25, -0.2) is 0 Å². The molecule has 1 aromatic carbocycles. The summed E-state index contributed by atoms with van der Waals surface area (Å²) < 4.78 is 0. The molecule has 1 heterocycles. The van der Waals surface area contributed by atoms with Gasteiger partial charge in [0.1, 0.15) is 0 Å². The molecule has 0 fully saturated rings. The zero-order chi connectivity index (χ0) is 11.4. The first-order chi connectivity index (χ1) is 7.74. The van der Waals surface area contributed by atoms with Crippen LogP contribution in [0.4, 0.5) is 23.5 Å². The molecule has 0 aliphatic rings. The van der Waals surface area contributed by atoms with Crippen molar-refractivity contribution in [3.05, 3.63) is 30.3 Å². The average Bonchev–Trinajstić information content (AvgIpc) is 2.27. The number of rotatable bonds is 3. The Morgan fingerprint density at radius 2 is 1.44 bits per heavy atom. The van der Waals surface area contributed by atoms with Crippen LogP contribution in [0.25, 0.3) is 0 Å². The molecule has 0 saturated heterocycles. The van der Waals surface area contributed by atoms with E-state index in [1.54, 1.807) is 0 Å². The van der Waals surface area contributed by atoms with E-state index in [9.17, 15) is 0 Å². The minimum Gasteiger partial charge on any atom is -0.368 e. The van der Waals surface area contributed by atoms with Crippen LogP contribution in [-0.4, -0.2) is 15.0 Å². The van der Waals surface area contributed by atoms with E-state index < -0.39 is 0 Å². The highest BCUT2D eigenvalue weighted by Crippen LogP contribution is 2.07. The van der Waals surface area contributed by atoms with E-state index in [1.807, 2.05) is 30.3 Å². The van der Waals surface area contributed by atoms with Gasteiger partial charge in [0.25, 0.3) is 0 Å². The van der Waals surface area contributed by atoms with Crippen molar-refractivity contribution in [3.63, 3.8) is 0 Å². The molecular formula is C9H11N7. The van der Waals surface area contributed by atoms with Crippen molar-refractivity contribution in [1.82, 2.24) is 15.0 Å². The number of anilines is 4. The Balaban J connectivity index is 2.05. The molecule has 16 heavy (non-hydrogen) atoms. The van der Waals surface area contributed by atoms with Crippen LogP contribution in [0.15, 0.2) is 30.3 Å². The van der Waals surface area contributed by atoms with Crippen molar-refractivity contribution < 1.29 is 0 Å². The predicted octanol–water partition coefficient (Wildman–Crippen LogP) is 0.475. The Kier molecular flexibility index (Phi) is 2.68. The number of nitrogens with one attached hydrogen (secondary N) is 2. The summed E-state index contributed by atoms with van der Waals surface area (Å²) in [5.74, 6) is 0.420. The molecule has 0 aliphatic heterocycles. The summed E-state index contributed by atoms with van der Waals surface area (Å²) in [6.07, 6.45) is 0. The standard InChI is InChI=1S/C9H11N7/c10-7-12-8(11)14-9(13-7)16-15-6-4-2-1-3-5-6/h1-5,15H,(H5,10,11,12,13,14,16). The van der Waals surface area contributed by atoms with E-state index in [-0.39, 0.29) is 17.8 Å².